The molecule has 1 fully saturated rings. The van der Waals surface area contributed by atoms with Crippen LogP contribution >= 0.6 is 7.51 Å². The summed E-state index contributed by atoms with van der Waals surface area (Å²) in [6.45, 7) is 13.6. The van der Waals surface area contributed by atoms with E-state index in [0.29, 0.717) is 12.1 Å². The number of hydrogen-bond donors (Lipinski definition) is 1. The first-order chi connectivity index (χ1) is 7.54. The summed E-state index contributed by atoms with van der Waals surface area (Å²) < 4.78 is 10.1. The summed E-state index contributed by atoms with van der Waals surface area (Å²) in [5.41, 5.74) is 0.157. The van der Waals surface area contributed by atoms with Gasteiger partial charge in [-0.2, -0.15) is 0 Å². The van der Waals surface area contributed by atoms with Crippen LogP contribution in [0.3, 0.4) is 0 Å². The largest absolute Gasteiger partial charge is 0.253 e. The molecular weight excluding hydrogens is 231 g/mol. The Kier molecular flexibility index (Phi) is 2.84. The van der Waals surface area contributed by atoms with Crippen LogP contribution in [0.1, 0.15) is 41.5 Å². The molecule has 0 aliphatic carbocycles. The fourth-order valence-electron chi connectivity index (χ4n) is 2.88. The van der Waals surface area contributed by atoms with Crippen LogP contribution in [-0.4, -0.2) is 46.6 Å². The van der Waals surface area contributed by atoms with Gasteiger partial charge in [0.25, 0.3) is 0 Å². The standard InChI is InChI=1S/C12H27N4P/c1-9-11(3,4)13-17(15(9)7)14-12(5,6)10(2)16(17)8/h9-10,13H,1-8H3. The fourth-order valence-corrected chi connectivity index (χ4v) is 7.35. The highest BCUT2D eigenvalue weighted by molar-refractivity contribution is 7.60. The zero-order valence-corrected chi connectivity index (χ0v) is 13.3. The Morgan fingerprint density at radius 1 is 1.00 bits per heavy atom. The molecule has 100 valence electrons. The molecule has 1 saturated heterocycles. The van der Waals surface area contributed by atoms with Gasteiger partial charge in [-0.3, -0.25) is 9.83 Å². The predicted octanol–water partition coefficient (Wildman–Crippen LogP) is 2.75. The van der Waals surface area contributed by atoms with E-state index in [-0.39, 0.29) is 11.1 Å². The summed E-state index contributed by atoms with van der Waals surface area (Å²) in [5.74, 6) is 0. The lowest BCUT2D eigenvalue weighted by Gasteiger charge is -2.34. The summed E-state index contributed by atoms with van der Waals surface area (Å²) >= 11 is 0. The highest BCUT2D eigenvalue weighted by atomic mass is 31.2. The van der Waals surface area contributed by atoms with E-state index in [4.69, 9.17) is 4.74 Å². The van der Waals surface area contributed by atoms with Gasteiger partial charge in [-0.15, -0.1) is 0 Å². The molecule has 0 aromatic heterocycles. The highest BCUT2D eigenvalue weighted by Crippen LogP contribution is 2.65. The van der Waals surface area contributed by atoms with Crippen LogP contribution in [0.15, 0.2) is 4.74 Å². The van der Waals surface area contributed by atoms with E-state index in [9.17, 15) is 0 Å². The maximum atomic E-state index is 5.19. The molecule has 0 bridgehead atoms. The van der Waals surface area contributed by atoms with Crippen molar-refractivity contribution in [2.75, 3.05) is 14.1 Å². The van der Waals surface area contributed by atoms with Crippen molar-refractivity contribution in [3.63, 3.8) is 0 Å². The van der Waals surface area contributed by atoms with Crippen LogP contribution < -0.4 is 5.09 Å². The van der Waals surface area contributed by atoms with Gasteiger partial charge in [0.15, 0.2) is 7.51 Å². The fraction of sp³-hybridized carbons (Fsp3) is 1.00. The van der Waals surface area contributed by atoms with Crippen molar-refractivity contribution in [2.24, 2.45) is 4.74 Å². The van der Waals surface area contributed by atoms with Gasteiger partial charge in [0.05, 0.1) is 5.54 Å². The van der Waals surface area contributed by atoms with Gasteiger partial charge >= 0.3 is 0 Å². The molecule has 0 saturated carbocycles. The summed E-state index contributed by atoms with van der Waals surface area (Å²) in [6, 6.07) is 0.981. The zero-order valence-electron chi connectivity index (χ0n) is 12.4. The van der Waals surface area contributed by atoms with E-state index >= 15 is 0 Å². The molecule has 1 spiro atoms. The predicted molar refractivity (Wildman–Crippen MR) is 75.1 cm³/mol. The lowest BCUT2D eigenvalue weighted by Crippen LogP contribution is -2.41. The van der Waals surface area contributed by atoms with Gasteiger partial charge in [0, 0.05) is 17.6 Å². The minimum Gasteiger partial charge on any atom is -0.253 e. The molecule has 2 heterocycles. The molecular formula is C12H27N4P. The minimum absolute atomic E-state index is 0.0317. The number of likely N-dealkylation sites (N-methyl/N-ethyl adjacent to an activating group) is 2. The van der Waals surface area contributed by atoms with Crippen molar-refractivity contribution in [1.29, 1.82) is 0 Å². The van der Waals surface area contributed by atoms with E-state index in [2.05, 4.69) is 70.1 Å². The molecule has 2 aliphatic heterocycles. The van der Waals surface area contributed by atoms with Crippen molar-refractivity contribution in [1.82, 2.24) is 14.4 Å². The number of hydrogen-bond acceptors (Lipinski definition) is 4. The maximum absolute atomic E-state index is 5.19. The smallest absolute Gasteiger partial charge is 0.166 e. The number of rotatable bonds is 0. The molecule has 1 N–H and O–H groups in total. The highest BCUT2D eigenvalue weighted by Gasteiger charge is 2.55. The van der Waals surface area contributed by atoms with Gasteiger partial charge in [-0.1, -0.05) is 0 Å². The Labute approximate surface area is 106 Å². The van der Waals surface area contributed by atoms with Crippen LogP contribution in [0.5, 0.6) is 0 Å². The molecule has 0 aromatic carbocycles. The van der Waals surface area contributed by atoms with Crippen molar-refractivity contribution >= 4 is 7.51 Å². The number of nitrogens with zero attached hydrogens (tertiary/aromatic N) is 3. The first-order valence-corrected chi connectivity index (χ1v) is 8.09. The summed E-state index contributed by atoms with van der Waals surface area (Å²) in [4.78, 5) is 0. The van der Waals surface area contributed by atoms with Crippen molar-refractivity contribution in [3.05, 3.63) is 0 Å². The van der Waals surface area contributed by atoms with Crippen molar-refractivity contribution < 1.29 is 0 Å². The second kappa shape index (κ2) is 3.57. The normalized spacial score (nSPS) is 45.4. The first kappa shape index (κ1) is 13.5. The van der Waals surface area contributed by atoms with Crippen LogP contribution in [0, 0.1) is 0 Å². The third-order valence-electron chi connectivity index (χ3n) is 4.90. The van der Waals surface area contributed by atoms with E-state index in [1.807, 2.05) is 0 Å². The maximum Gasteiger partial charge on any atom is 0.166 e. The van der Waals surface area contributed by atoms with Gasteiger partial charge in [-0.05, 0) is 55.6 Å². The zero-order chi connectivity index (χ0) is 13.2. The molecule has 3 unspecified atom stereocenters. The van der Waals surface area contributed by atoms with Crippen LogP contribution in [-0.2, 0) is 0 Å². The molecule has 2 rings (SSSR count). The van der Waals surface area contributed by atoms with E-state index in [1.165, 1.54) is 0 Å². The topological polar surface area (TPSA) is 30.9 Å². The summed E-state index contributed by atoms with van der Waals surface area (Å²) in [6.07, 6.45) is 0. The molecule has 0 aromatic rings. The molecule has 0 amide bonds. The monoisotopic (exact) mass is 258 g/mol. The molecule has 2 aliphatic rings. The van der Waals surface area contributed by atoms with Crippen molar-refractivity contribution in [3.8, 4) is 0 Å². The van der Waals surface area contributed by atoms with Crippen LogP contribution in [0.2, 0.25) is 0 Å². The molecule has 17 heavy (non-hydrogen) atoms. The average molecular weight is 258 g/mol. The third kappa shape index (κ3) is 1.65. The Bertz CT molecular complexity index is 388. The van der Waals surface area contributed by atoms with Gasteiger partial charge < -0.3 is 0 Å². The lowest BCUT2D eigenvalue weighted by atomic mass is 9.98. The van der Waals surface area contributed by atoms with Gasteiger partial charge in [0.1, 0.15) is 0 Å². The quantitative estimate of drug-likeness (QED) is 0.678. The average Bonchev–Trinajstić information content (AvgIpc) is 2.47. The lowest BCUT2D eigenvalue weighted by molar-refractivity contribution is 0.301. The second-order valence-corrected chi connectivity index (χ2v) is 9.48. The Morgan fingerprint density at radius 2 is 1.47 bits per heavy atom. The molecule has 3 atom stereocenters. The first-order valence-electron chi connectivity index (χ1n) is 6.44. The van der Waals surface area contributed by atoms with E-state index in [0.717, 1.165) is 0 Å². The van der Waals surface area contributed by atoms with Crippen LogP contribution in [0.25, 0.3) is 0 Å². The molecule has 5 heteroatoms. The second-order valence-electron chi connectivity index (χ2n) is 6.65. The van der Waals surface area contributed by atoms with E-state index in [1.54, 1.807) is 0 Å². The molecule has 4 nitrogen and oxygen atoms in total. The summed E-state index contributed by atoms with van der Waals surface area (Å²) in [7, 11) is 2.74. The number of nitrogens with one attached hydrogen (secondary N) is 1. The molecule has 0 radical (unpaired) electrons. The SMILES string of the molecule is CC1N(C)P2(=NC1(C)C)NC(C)(C)C(C)N2C. The van der Waals surface area contributed by atoms with Crippen molar-refractivity contribution in [2.45, 2.75) is 64.7 Å². The van der Waals surface area contributed by atoms with Gasteiger partial charge in [-0.25, -0.2) is 9.34 Å². The minimum atomic E-state index is -1.69. The Balaban J connectivity index is 2.53. The van der Waals surface area contributed by atoms with E-state index < -0.39 is 7.51 Å². The van der Waals surface area contributed by atoms with Crippen LogP contribution in [0.4, 0.5) is 0 Å². The Hall–Kier alpha value is 0.110. The third-order valence-corrected chi connectivity index (χ3v) is 9.03. The summed E-state index contributed by atoms with van der Waals surface area (Å²) in [5, 5.41) is 3.84. The van der Waals surface area contributed by atoms with Gasteiger partial charge in [0.2, 0.25) is 0 Å². The Morgan fingerprint density at radius 3 is 1.76 bits per heavy atom.